The Kier molecular flexibility index (Phi) is 6.09. The molecule has 41 heavy (non-hydrogen) atoms. The van der Waals surface area contributed by atoms with Crippen LogP contribution < -0.4 is 24.4 Å². The summed E-state index contributed by atoms with van der Waals surface area (Å²) >= 11 is 1.30. The van der Waals surface area contributed by atoms with E-state index in [1.54, 1.807) is 17.6 Å². The van der Waals surface area contributed by atoms with Gasteiger partial charge in [-0.1, -0.05) is 65.9 Å². The number of benzene rings is 3. The van der Waals surface area contributed by atoms with E-state index in [9.17, 15) is 9.59 Å². The number of carbonyl (C=O) groups excluding carboxylic acids is 1. The average molecular weight is 564 g/mol. The van der Waals surface area contributed by atoms with Gasteiger partial charge in [-0.3, -0.25) is 9.36 Å². The molecule has 1 atom stereocenters. The van der Waals surface area contributed by atoms with E-state index in [0.717, 1.165) is 27.7 Å². The summed E-state index contributed by atoms with van der Waals surface area (Å²) in [6.45, 7) is 4.05. The van der Waals surface area contributed by atoms with Crippen LogP contribution in [0.3, 0.4) is 0 Å². The molecular formula is C32H25N3O5S. The Morgan fingerprint density at radius 3 is 2.71 bits per heavy atom. The maximum absolute atomic E-state index is 14.2. The molecule has 9 heteroatoms. The third-order valence-corrected chi connectivity index (χ3v) is 8.29. The fraction of sp³-hybridized carbons (Fsp3) is 0.156. The Hall–Kier alpha value is -4.89. The number of fused-ring (bicyclic) bond motifs is 3. The molecule has 0 radical (unpaired) electrons. The van der Waals surface area contributed by atoms with E-state index in [0.29, 0.717) is 37.7 Å². The summed E-state index contributed by atoms with van der Waals surface area (Å²) in [5.41, 5.74) is 4.87. The van der Waals surface area contributed by atoms with Gasteiger partial charge in [0.15, 0.2) is 16.3 Å². The molecule has 4 heterocycles. The van der Waals surface area contributed by atoms with E-state index in [2.05, 4.69) is 4.98 Å². The van der Waals surface area contributed by atoms with Gasteiger partial charge in [0.05, 0.1) is 28.5 Å². The molecule has 7 rings (SSSR count). The van der Waals surface area contributed by atoms with Crippen molar-refractivity contribution in [2.75, 3.05) is 13.4 Å². The smallest absolute Gasteiger partial charge is 0.338 e. The number of rotatable bonds is 5. The van der Waals surface area contributed by atoms with Crippen molar-refractivity contribution in [2.24, 2.45) is 4.99 Å². The molecule has 0 amide bonds. The summed E-state index contributed by atoms with van der Waals surface area (Å²) in [5, 5.41) is 1.03. The first-order chi connectivity index (χ1) is 20.0. The van der Waals surface area contributed by atoms with Gasteiger partial charge in [0.2, 0.25) is 6.79 Å². The van der Waals surface area contributed by atoms with Crippen molar-refractivity contribution in [2.45, 2.75) is 19.9 Å². The van der Waals surface area contributed by atoms with Crippen LogP contribution in [0.4, 0.5) is 0 Å². The summed E-state index contributed by atoms with van der Waals surface area (Å²) in [7, 11) is 0. The Labute approximate surface area is 238 Å². The Morgan fingerprint density at radius 2 is 1.88 bits per heavy atom. The highest BCUT2D eigenvalue weighted by Crippen LogP contribution is 2.40. The molecule has 0 saturated heterocycles. The molecule has 5 aromatic rings. The third-order valence-electron chi connectivity index (χ3n) is 7.30. The van der Waals surface area contributed by atoms with Crippen LogP contribution in [0.1, 0.15) is 35.3 Å². The van der Waals surface area contributed by atoms with Crippen LogP contribution in [0.5, 0.6) is 11.5 Å². The molecule has 204 valence electrons. The number of aryl methyl sites for hydroxylation is 1. The van der Waals surface area contributed by atoms with Crippen LogP contribution in [0.25, 0.3) is 22.7 Å². The van der Waals surface area contributed by atoms with E-state index >= 15 is 0 Å². The largest absolute Gasteiger partial charge is 0.463 e. The number of hydrogen-bond donors (Lipinski definition) is 1. The molecule has 1 N–H and O–H groups in total. The van der Waals surface area contributed by atoms with E-state index in [-0.39, 0.29) is 19.0 Å². The lowest BCUT2D eigenvalue weighted by Crippen LogP contribution is -2.40. The van der Waals surface area contributed by atoms with Gasteiger partial charge in [0.1, 0.15) is 0 Å². The number of hydrogen-bond acceptors (Lipinski definition) is 7. The normalized spacial score (nSPS) is 16.1. The summed E-state index contributed by atoms with van der Waals surface area (Å²) in [4.78, 5) is 36.7. The second-order valence-electron chi connectivity index (χ2n) is 9.75. The standard InChI is InChI=1S/C32H25N3O5S/c1-3-38-31(37)27-28(19-9-5-4-6-10-19)34-32-35(29(27)20-13-14-24-25(15-20)40-17-39-24)30(36)26(41-32)16-22-18(2)33-23-12-8-7-11-21(22)23/h4-16,29,33H,3,17H2,1-2H3/b26-16-. The summed E-state index contributed by atoms with van der Waals surface area (Å²) in [6.07, 6.45) is 1.91. The minimum Gasteiger partial charge on any atom is -0.463 e. The van der Waals surface area contributed by atoms with Crippen molar-refractivity contribution in [1.82, 2.24) is 9.55 Å². The molecule has 3 aromatic carbocycles. The minimum atomic E-state index is -0.791. The van der Waals surface area contributed by atoms with E-state index in [4.69, 9.17) is 19.2 Å². The van der Waals surface area contributed by atoms with Gasteiger partial charge in [-0.15, -0.1) is 0 Å². The number of ether oxygens (including phenoxy) is 3. The van der Waals surface area contributed by atoms with E-state index < -0.39 is 12.0 Å². The van der Waals surface area contributed by atoms with Gasteiger partial charge in [0.25, 0.3) is 5.56 Å². The SMILES string of the molecule is CCOC(=O)C1=C(c2ccccc2)N=c2s/c(=C\c3c(C)[nH]c4ccccc34)c(=O)n2C1c1ccc2c(c1)OCO2. The maximum atomic E-state index is 14.2. The van der Waals surface area contributed by atoms with Crippen LogP contribution in [-0.4, -0.2) is 28.9 Å². The van der Waals surface area contributed by atoms with Crippen LogP contribution in [0.2, 0.25) is 0 Å². The van der Waals surface area contributed by atoms with Crippen LogP contribution in [0, 0.1) is 6.92 Å². The molecule has 0 fully saturated rings. The first-order valence-electron chi connectivity index (χ1n) is 13.3. The highest BCUT2D eigenvalue weighted by Gasteiger charge is 2.36. The summed E-state index contributed by atoms with van der Waals surface area (Å²) in [6, 6.07) is 22.2. The van der Waals surface area contributed by atoms with Crippen molar-refractivity contribution >= 4 is 40.0 Å². The van der Waals surface area contributed by atoms with Crippen LogP contribution in [-0.2, 0) is 9.53 Å². The highest BCUT2D eigenvalue weighted by atomic mass is 32.1. The van der Waals surface area contributed by atoms with Gasteiger partial charge in [-0.2, -0.15) is 0 Å². The maximum Gasteiger partial charge on any atom is 0.338 e. The van der Waals surface area contributed by atoms with Crippen LogP contribution >= 0.6 is 11.3 Å². The second-order valence-corrected chi connectivity index (χ2v) is 10.8. The molecule has 0 saturated carbocycles. The number of aromatic nitrogens is 2. The van der Waals surface area contributed by atoms with Crippen molar-refractivity contribution in [1.29, 1.82) is 0 Å². The number of esters is 1. The molecule has 2 aromatic heterocycles. The zero-order valence-electron chi connectivity index (χ0n) is 22.3. The van der Waals surface area contributed by atoms with E-state index in [1.165, 1.54) is 11.3 Å². The third kappa shape index (κ3) is 4.17. The summed E-state index contributed by atoms with van der Waals surface area (Å²) in [5.74, 6) is 0.640. The molecule has 0 spiro atoms. The number of H-pyrrole nitrogens is 1. The Morgan fingerprint density at radius 1 is 1.10 bits per heavy atom. The lowest BCUT2D eigenvalue weighted by atomic mass is 9.93. The Bertz CT molecular complexity index is 2050. The lowest BCUT2D eigenvalue weighted by molar-refractivity contribution is -0.138. The van der Waals surface area contributed by atoms with Crippen molar-refractivity contribution in [3.8, 4) is 11.5 Å². The summed E-state index contributed by atoms with van der Waals surface area (Å²) < 4.78 is 18.8. The number of thiazole rings is 1. The van der Waals surface area contributed by atoms with E-state index in [1.807, 2.05) is 79.7 Å². The first-order valence-corrected chi connectivity index (χ1v) is 14.1. The molecule has 1 unspecified atom stereocenters. The monoisotopic (exact) mass is 563 g/mol. The lowest BCUT2D eigenvalue weighted by Gasteiger charge is -2.26. The predicted molar refractivity (Wildman–Crippen MR) is 157 cm³/mol. The molecule has 2 aliphatic heterocycles. The van der Waals surface area contributed by atoms with Gasteiger partial charge >= 0.3 is 5.97 Å². The fourth-order valence-corrected chi connectivity index (χ4v) is 6.44. The number of aromatic amines is 1. The Balaban J connectivity index is 1.53. The predicted octanol–water partition coefficient (Wildman–Crippen LogP) is 4.45. The minimum absolute atomic E-state index is 0.112. The molecule has 0 bridgehead atoms. The van der Waals surface area contributed by atoms with Crippen molar-refractivity contribution in [3.05, 3.63) is 120 Å². The molecular weight excluding hydrogens is 538 g/mol. The van der Waals surface area contributed by atoms with Crippen molar-refractivity contribution < 1.29 is 19.0 Å². The number of nitrogens with zero attached hydrogens (tertiary/aromatic N) is 2. The average Bonchev–Trinajstić information content (AvgIpc) is 3.68. The van der Waals surface area contributed by atoms with Gasteiger partial charge in [-0.05, 0) is 43.7 Å². The van der Waals surface area contributed by atoms with Gasteiger partial charge in [0, 0.05) is 27.7 Å². The quantitative estimate of drug-likeness (QED) is 0.319. The topological polar surface area (TPSA) is 94.9 Å². The highest BCUT2D eigenvalue weighted by molar-refractivity contribution is 7.07. The molecule has 8 nitrogen and oxygen atoms in total. The number of nitrogens with one attached hydrogen (secondary N) is 1. The number of carbonyl (C=O) groups is 1. The first kappa shape index (κ1) is 25.1. The fourth-order valence-electron chi connectivity index (χ4n) is 5.45. The van der Waals surface area contributed by atoms with Crippen molar-refractivity contribution in [3.63, 3.8) is 0 Å². The zero-order valence-corrected chi connectivity index (χ0v) is 23.2. The zero-order chi connectivity index (χ0) is 28.1. The van der Waals surface area contributed by atoms with Gasteiger partial charge < -0.3 is 19.2 Å². The molecule has 2 aliphatic rings. The number of para-hydroxylation sites is 1. The molecule has 0 aliphatic carbocycles. The van der Waals surface area contributed by atoms with Gasteiger partial charge in [-0.25, -0.2) is 9.79 Å². The van der Waals surface area contributed by atoms with Crippen LogP contribution in [0.15, 0.2) is 88.2 Å². The second kappa shape index (κ2) is 9.94.